The van der Waals surface area contributed by atoms with Crippen LogP contribution in [0.25, 0.3) is 10.9 Å². The van der Waals surface area contributed by atoms with Gasteiger partial charge < -0.3 is 24.4 Å². The molecular weight excluding hydrogens is 796 g/mol. The highest BCUT2D eigenvalue weighted by Crippen LogP contribution is 2.57. The van der Waals surface area contributed by atoms with Gasteiger partial charge in [-0.1, -0.05) is 25.0 Å². The van der Waals surface area contributed by atoms with Crippen molar-refractivity contribution in [3.8, 4) is 17.4 Å². The number of methoxy groups -OCH3 is 1. The van der Waals surface area contributed by atoms with Gasteiger partial charge in [-0.05, 0) is 97.3 Å². The molecule has 4 aliphatic rings. The average Bonchev–Trinajstić information content (AvgIpc) is 3.95. The number of halogens is 1. The molecule has 5 atom stereocenters. The van der Waals surface area contributed by atoms with Crippen molar-refractivity contribution >= 4 is 44.4 Å². The van der Waals surface area contributed by atoms with Gasteiger partial charge in [0.1, 0.15) is 29.1 Å². The SMILES string of the molecule is COc1c(F)ccc2c(O[C@@H]3C[C@H]4C(=O)C[C@]5(C(=O)NS(=O)(=O)C6(C)CC6)C[C@H]5/C=C\CCCCC[C@H](NC(=O)c5ccn(C(C)C)n5)C(=O)N4C3)cc(OC(C)C)nc12. The highest BCUT2D eigenvalue weighted by atomic mass is 32.2. The van der Waals surface area contributed by atoms with Crippen LogP contribution in [0.3, 0.4) is 0 Å². The molecule has 2 saturated carbocycles. The summed E-state index contributed by atoms with van der Waals surface area (Å²) in [5, 5.41) is 7.70. The number of pyridine rings is 1. The smallest absolute Gasteiger partial charge is 0.272 e. The van der Waals surface area contributed by atoms with E-state index in [0.717, 1.165) is 12.8 Å². The van der Waals surface area contributed by atoms with Crippen LogP contribution in [0.1, 0.15) is 115 Å². The van der Waals surface area contributed by atoms with E-state index < -0.39 is 67.7 Å². The van der Waals surface area contributed by atoms with E-state index in [-0.39, 0.29) is 72.5 Å². The van der Waals surface area contributed by atoms with Crippen molar-refractivity contribution < 1.29 is 46.2 Å². The zero-order chi connectivity index (χ0) is 43.1. The van der Waals surface area contributed by atoms with Crippen LogP contribution in [0.5, 0.6) is 17.4 Å². The van der Waals surface area contributed by atoms with Crippen LogP contribution in [0.15, 0.2) is 42.6 Å². The summed E-state index contributed by atoms with van der Waals surface area (Å²) >= 11 is 0. The molecule has 1 saturated heterocycles. The van der Waals surface area contributed by atoms with Crippen molar-refractivity contribution in [3.05, 3.63) is 54.1 Å². The molecule has 0 spiro atoms. The lowest BCUT2D eigenvalue weighted by Gasteiger charge is -2.29. The molecule has 3 fully saturated rings. The number of Topliss-reactive ketones (excluding diaryl/α,β-unsaturated/α-hetero) is 1. The summed E-state index contributed by atoms with van der Waals surface area (Å²) in [4.78, 5) is 63.1. The number of aromatic nitrogens is 3. The number of sulfonamides is 1. The largest absolute Gasteiger partial charge is 0.491 e. The molecule has 4 heterocycles. The van der Waals surface area contributed by atoms with Gasteiger partial charge in [-0.2, -0.15) is 5.10 Å². The van der Waals surface area contributed by atoms with Crippen molar-refractivity contribution in [1.29, 1.82) is 0 Å². The molecule has 2 aliphatic heterocycles. The number of hydrogen-bond donors (Lipinski definition) is 2. The standard InChI is InChI=1S/C43H55FN6O9S/c1-25(2)50-19-16-31(47-50)39(52)45-32-13-11-9-7-8-10-12-27-22-43(27,41(54)48-60(55,56)42(5)17-18-42)23-34(51)33-20-28(24-49(33)40(32)53)59-35-21-36(58-26(3)4)46-37-29(35)14-15-30(44)38(37)57-6/h10,12,14-16,19,21,25-28,32-33H,7-9,11,13,17-18,20,22-24H2,1-6H3,(H,45,52)(H,48,54)/b12-10-/t27-,28-,32+,33+,43-/m1/s1. The zero-order valence-corrected chi connectivity index (χ0v) is 35.8. The Kier molecular flexibility index (Phi) is 12.0. The highest BCUT2D eigenvalue weighted by Gasteiger charge is 2.62. The van der Waals surface area contributed by atoms with Crippen LogP contribution >= 0.6 is 0 Å². The Hall–Kier alpha value is -5.06. The maximum Gasteiger partial charge on any atom is 0.272 e. The monoisotopic (exact) mass is 850 g/mol. The molecule has 1 aromatic carbocycles. The molecule has 0 bridgehead atoms. The van der Waals surface area contributed by atoms with Crippen molar-refractivity contribution in [2.45, 2.75) is 134 Å². The lowest BCUT2D eigenvalue weighted by Crippen LogP contribution is -2.52. The van der Waals surface area contributed by atoms with Gasteiger partial charge >= 0.3 is 0 Å². The molecular formula is C43H55FN6O9S. The Morgan fingerprint density at radius 2 is 1.83 bits per heavy atom. The molecule has 324 valence electrons. The normalized spacial score (nSPS) is 26.1. The summed E-state index contributed by atoms with van der Waals surface area (Å²) in [5.41, 5.74) is -1.02. The molecule has 3 aromatic rings. The fourth-order valence-electron chi connectivity index (χ4n) is 8.23. The van der Waals surface area contributed by atoms with Gasteiger partial charge in [-0.25, -0.2) is 17.8 Å². The van der Waals surface area contributed by atoms with E-state index in [1.165, 1.54) is 24.1 Å². The van der Waals surface area contributed by atoms with Gasteiger partial charge in [-0.15, -0.1) is 0 Å². The number of carbonyl (C=O) groups is 4. The number of ketones is 1. The first-order chi connectivity index (χ1) is 28.4. The summed E-state index contributed by atoms with van der Waals surface area (Å²) < 4.78 is 62.3. The number of benzene rings is 1. The third-order valence-corrected chi connectivity index (χ3v) is 14.4. The zero-order valence-electron chi connectivity index (χ0n) is 35.0. The maximum absolute atomic E-state index is 14.9. The second-order valence-electron chi connectivity index (χ2n) is 17.4. The predicted octanol–water partition coefficient (Wildman–Crippen LogP) is 5.58. The number of allylic oxidation sites excluding steroid dienone is 2. The lowest BCUT2D eigenvalue weighted by molar-refractivity contribution is -0.140. The van der Waals surface area contributed by atoms with Gasteiger partial charge in [0.2, 0.25) is 27.7 Å². The van der Waals surface area contributed by atoms with E-state index in [0.29, 0.717) is 37.5 Å². The molecule has 60 heavy (non-hydrogen) atoms. The first-order valence-electron chi connectivity index (χ1n) is 20.9. The van der Waals surface area contributed by atoms with E-state index in [4.69, 9.17) is 14.2 Å². The summed E-state index contributed by atoms with van der Waals surface area (Å²) in [5.74, 6) is -2.90. The van der Waals surface area contributed by atoms with Crippen molar-refractivity contribution in [1.82, 2.24) is 29.7 Å². The minimum absolute atomic E-state index is 0.00737. The second-order valence-corrected chi connectivity index (χ2v) is 19.6. The quantitative estimate of drug-likeness (QED) is 0.230. The minimum Gasteiger partial charge on any atom is -0.491 e. The number of ether oxygens (including phenoxy) is 3. The predicted molar refractivity (Wildman–Crippen MR) is 220 cm³/mol. The number of hydrogen-bond acceptors (Lipinski definition) is 11. The molecule has 3 amide bonds. The van der Waals surface area contributed by atoms with Crippen molar-refractivity contribution in [2.24, 2.45) is 11.3 Å². The molecule has 0 unspecified atom stereocenters. The van der Waals surface area contributed by atoms with Gasteiger partial charge in [-0.3, -0.25) is 28.6 Å². The fraction of sp³-hybridized carbons (Fsp3) is 0.581. The van der Waals surface area contributed by atoms with E-state index in [9.17, 15) is 32.0 Å². The molecule has 0 radical (unpaired) electrons. The number of nitrogens with one attached hydrogen (secondary N) is 2. The summed E-state index contributed by atoms with van der Waals surface area (Å²) in [6.07, 6.45) is 8.44. The van der Waals surface area contributed by atoms with Crippen LogP contribution in [-0.2, 0) is 24.4 Å². The third-order valence-electron chi connectivity index (χ3n) is 12.2. The fourth-order valence-corrected chi connectivity index (χ4v) is 9.56. The molecule has 2 aromatic heterocycles. The van der Waals surface area contributed by atoms with Gasteiger partial charge in [0.25, 0.3) is 5.91 Å². The number of nitrogens with zero attached hydrogens (tertiary/aromatic N) is 4. The lowest BCUT2D eigenvalue weighted by atomic mass is 9.91. The molecule has 2 N–H and O–H groups in total. The summed E-state index contributed by atoms with van der Waals surface area (Å²) in [7, 11) is -2.67. The topological polar surface area (TPSA) is 188 Å². The van der Waals surface area contributed by atoms with Crippen molar-refractivity contribution in [2.75, 3.05) is 13.7 Å². The van der Waals surface area contributed by atoms with Gasteiger partial charge in [0.15, 0.2) is 17.3 Å². The average molecular weight is 851 g/mol. The first-order valence-corrected chi connectivity index (χ1v) is 22.4. The summed E-state index contributed by atoms with van der Waals surface area (Å²) in [6.45, 7) is 9.02. The van der Waals surface area contributed by atoms with Crippen LogP contribution in [0.4, 0.5) is 4.39 Å². The Labute approximate surface area is 349 Å². The van der Waals surface area contributed by atoms with E-state index in [1.54, 1.807) is 29.9 Å². The maximum atomic E-state index is 14.9. The Morgan fingerprint density at radius 1 is 1.07 bits per heavy atom. The Morgan fingerprint density at radius 3 is 2.52 bits per heavy atom. The van der Waals surface area contributed by atoms with Gasteiger partial charge in [0, 0.05) is 36.5 Å². The molecule has 7 rings (SSSR count). The van der Waals surface area contributed by atoms with Crippen LogP contribution in [-0.4, -0.2) is 94.3 Å². The number of carbonyl (C=O) groups excluding carboxylic acids is 4. The third kappa shape index (κ3) is 8.73. The second kappa shape index (κ2) is 16.8. The number of rotatable bonds is 11. The van der Waals surface area contributed by atoms with E-state index in [1.807, 2.05) is 39.8 Å². The minimum atomic E-state index is -4.00. The first kappa shape index (κ1) is 43.0. The Balaban J connectivity index is 1.23. The number of fused-ring (bicyclic) bond motifs is 3. The van der Waals surface area contributed by atoms with E-state index >= 15 is 0 Å². The van der Waals surface area contributed by atoms with Crippen LogP contribution in [0, 0.1) is 17.2 Å². The van der Waals surface area contributed by atoms with Crippen LogP contribution < -0.4 is 24.2 Å². The number of amides is 3. The van der Waals surface area contributed by atoms with Gasteiger partial charge in [0.05, 0.1) is 36.0 Å². The Bertz CT molecular complexity index is 2310. The highest BCUT2D eigenvalue weighted by molar-refractivity contribution is 7.91. The van der Waals surface area contributed by atoms with Crippen LogP contribution in [0.2, 0.25) is 0 Å². The molecule has 15 nitrogen and oxygen atoms in total. The molecule has 2 aliphatic carbocycles. The summed E-state index contributed by atoms with van der Waals surface area (Å²) in [6, 6.07) is 3.79. The molecule has 17 heteroatoms. The van der Waals surface area contributed by atoms with Crippen molar-refractivity contribution in [3.63, 3.8) is 0 Å². The van der Waals surface area contributed by atoms with E-state index in [2.05, 4.69) is 20.1 Å².